The summed E-state index contributed by atoms with van der Waals surface area (Å²) in [6, 6.07) is 12.1. The van der Waals surface area contributed by atoms with Crippen molar-refractivity contribution in [1.82, 2.24) is 4.90 Å². The molecule has 35 heavy (non-hydrogen) atoms. The zero-order chi connectivity index (χ0) is 24.8. The highest BCUT2D eigenvalue weighted by Crippen LogP contribution is 2.46. The molecule has 0 fully saturated rings. The molecule has 0 bridgehead atoms. The Morgan fingerprint density at radius 1 is 1.11 bits per heavy atom. The number of ether oxygens (including phenoxy) is 2. The van der Waals surface area contributed by atoms with E-state index in [1.807, 2.05) is 24.3 Å². The number of carbonyl (C=O) groups is 1. The maximum atomic E-state index is 12.4. The Balaban J connectivity index is 0.00000432. The van der Waals surface area contributed by atoms with Crippen molar-refractivity contribution >= 4 is 30.0 Å². The number of aliphatic carboxylic acids is 1. The lowest BCUT2D eigenvalue weighted by Crippen LogP contribution is -2.36. The van der Waals surface area contributed by atoms with Gasteiger partial charge in [0.1, 0.15) is 0 Å². The molecule has 5 nitrogen and oxygen atoms in total. The van der Waals surface area contributed by atoms with Gasteiger partial charge in [0.25, 0.3) is 0 Å². The molecule has 1 aliphatic carbocycles. The summed E-state index contributed by atoms with van der Waals surface area (Å²) in [6.07, 6.45) is 3.29. The van der Waals surface area contributed by atoms with Gasteiger partial charge in [-0.2, -0.15) is 0 Å². The number of aryl methyl sites for hydroxylation is 1. The summed E-state index contributed by atoms with van der Waals surface area (Å²) in [7, 11) is 5.34. The van der Waals surface area contributed by atoms with E-state index in [1.54, 1.807) is 14.2 Å². The van der Waals surface area contributed by atoms with Crippen LogP contribution in [0.1, 0.15) is 49.3 Å². The van der Waals surface area contributed by atoms with Crippen molar-refractivity contribution in [3.63, 3.8) is 0 Å². The Kier molecular flexibility index (Phi) is 11.2. The summed E-state index contributed by atoms with van der Waals surface area (Å²) in [4.78, 5) is 14.6. The number of rotatable bonds is 11. The van der Waals surface area contributed by atoms with E-state index < -0.39 is 5.97 Å². The zero-order valence-corrected chi connectivity index (χ0v) is 23.0. The average Bonchev–Trinajstić information content (AvgIpc) is 2.81. The molecule has 3 atom stereocenters. The first kappa shape index (κ1) is 29.3. The second kappa shape index (κ2) is 13.4. The van der Waals surface area contributed by atoms with Gasteiger partial charge in [-0.05, 0) is 98.0 Å². The monoisotopic (exact) mass is 523 g/mol. The van der Waals surface area contributed by atoms with E-state index in [1.165, 1.54) is 16.7 Å². The van der Waals surface area contributed by atoms with Crippen molar-refractivity contribution < 1.29 is 19.4 Å². The smallest absolute Gasteiger partial charge is 0.306 e. The van der Waals surface area contributed by atoms with Crippen molar-refractivity contribution in [1.29, 1.82) is 0 Å². The molecule has 0 amide bonds. The van der Waals surface area contributed by atoms with Crippen LogP contribution in [-0.2, 0) is 17.6 Å². The predicted molar refractivity (Wildman–Crippen MR) is 145 cm³/mol. The highest BCUT2D eigenvalue weighted by atomic mass is 35.5. The lowest BCUT2D eigenvalue weighted by atomic mass is 9.65. The molecule has 1 unspecified atom stereocenters. The van der Waals surface area contributed by atoms with Crippen molar-refractivity contribution in [3.05, 3.63) is 58.1 Å². The summed E-state index contributed by atoms with van der Waals surface area (Å²) in [5, 5.41) is 10.9. The molecule has 0 spiro atoms. The van der Waals surface area contributed by atoms with Gasteiger partial charge < -0.3 is 19.5 Å². The molecular formula is C28H39Cl2NO4. The van der Waals surface area contributed by atoms with E-state index >= 15 is 0 Å². The number of methoxy groups -OCH3 is 2. The van der Waals surface area contributed by atoms with Gasteiger partial charge in [0, 0.05) is 11.6 Å². The molecule has 0 heterocycles. The minimum absolute atomic E-state index is 0. The van der Waals surface area contributed by atoms with Crippen LogP contribution in [0.3, 0.4) is 0 Å². The lowest BCUT2D eigenvalue weighted by molar-refractivity contribution is -0.145. The maximum absolute atomic E-state index is 12.4. The second-order valence-electron chi connectivity index (χ2n) is 9.79. The fraction of sp³-hybridized carbons (Fsp3) is 0.536. The number of nitrogens with zero attached hydrogens (tertiary/aromatic N) is 1. The van der Waals surface area contributed by atoms with Gasteiger partial charge in [0.05, 0.1) is 20.1 Å². The molecule has 1 N–H and O–H groups in total. The molecule has 194 valence electrons. The summed E-state index contributed by atoms with van der Waals surface area (Å²) >= 11 is 6.23. The maximum Gasteiger partial charge on any atom is 0.306 e. The van der Waals surface area contributed by atoms with E-state index in [0.717, 1.165) is 48.9 Å². The van der Waals surface area contributed by atoms with Gasteiger partial charge in [-0.3, -0.25) is 4.79 Å². The van der Waals surface area contributed by atoms with E-state index in [-0.39, 0.29) is 30.2 Å². The minimum Gasteiger partial charge on any atom is -0.493 e. The van der Waals surface area contributed by atoms with Gasteiger partial charge in [0.2, 0.25) is 0 Å². The summed E-state index contributed by atoms with van der Waals surface area (Å²) in [5.41, 5.74) is 3.73. The van der Waals surface area contributed by atoms with Crippen molar-refractivity contribution in [2.24, 2.45) is 17.8 Å². The number of halogens is 2. The molecular weight excluding hydrogens is 485 g/mol. The molecule has 0 saturated heterocycles. The van der Waals surface area contributed by atoms with Crippen LogP contribution in [0.25, 0.3) is 0 Å². The van der Waals surface area contributed by atoms with E-state index in [0.29, 0.717) is 12.3 Å². The number of hydrogen-bond donors (Lipinski definition) is 1. The van der Waals surface area contributed by atoms with Gasteiger partial charge >= 0.3 is 5.97 Å². The van der Waals surface area contributed by atoms with Crippen LogP contribution in [0, 0.1) is 17.8 Å². The predicted octanol–water partition coefficient (Wildman–Crippen LogP) is 6.35. The zero-order valence-electron chi connectivity index (χ0n) is 21.4. The fourth-order valence-corrected chi connectivity index (χ4v) is 5.70. The van der Waals surface area contributed by atoms with Crippen LogP contribution in [0.2, 0.25) is 5.02 Å². The number of benzene rings is 2. The minimum atomic E-state index is -0.679. The van der Waals surface area contributed by atoms with Gasteiger partial charge in [0.15, 0.2) is 11.5 Å². The quantitative estimate of drug-likeness (QED) is 0.372. The molecule has 2 aromatic rings. The average molecular weight is 525 g/mol. The Labute approximate surface area is 221 Å². The molecule has 7 heteroatoms. The van der Waals surface area contributed by atoms with Crippen LogP contribution in [0.15, 0.2) is 36.4 Å². The number of likely N-dealkylation sites (N-methyl/N-ethyl adjacent to an activating group) is 1. The SMILES string of the molecule is COc1ccc(CCN(C)CCC(C(=O)O)[C@@H]2CCc3cc(Cl)ccc3[C@@H]2C(C)C)cc1OC.Cl. The number of hydrogen-bond acceptors (Lipinski definition) is 4. The fourth-order valence-electron chi connectivity index (χ4n) is 5.50. The normalized spacial score (nSPS) is 18.1. The van der Waals surface area contributed by atoms with E-state index in [9.17, 15) is 9.90 Å². The van der Waals surface area contributed by atoms with Gasteiger partial charge in [-0.15, -0.1) is 12.4 Å². The third kappa shape index (κ3) is 7.28. The third-order valence-corrected chi connectivity index (χ3v) is 7.51. The molecule has 0 radical (unpaired) electrons. The Morgan fingerprint density at radius 2 is 1.83 bits per heavy atom. The number of carboxylic acid groups (broad SMARTS) is 1. The first-order valence-corrected chi connectivity index (χ1v) is 12.5. The standard InChI is InChI=1S/C28H38ClNO4.ClH/c1-18(2)27-22-10-8-21(29)17-20(22)7-9-23(27)24(28(31)32)13-15-30(3)14-12-19-6-11-25(33-4)26(16-19)34-5;/h6,8,10-11,16-18,23-24,27H,7,9,12-15H2,1-5H3,(H,31,32);1H/t23-,24?,27-;/m0./s1. The van der Waals surface area contributed by atoms with Crippen LogP contribution in [0.4, 0.5) is 0 Å². The van der Waals surface area contributed by atoms with Crippen LogP contribution in [-0.4, -0.2) is 50.3 Å². The largest absolute Gasteiger partial charge is 0.493 e. The summed E-state index contributed by atoms with van der Waals surface area (Å²) in [6.45, 7) is 6.01. The lowest BCUT2D eigenvalue weighted by Gasteiger charge is -2.40. The highest BCUT2D eigenvalue weighted by Gasteiger charge is 2.39. The number of fused-ring (bicyclic) bond motifs is 1. The first-order chi connectivity index (χ1) is 16.2. The van der Waals surface area contributed by atoms with Gasteiger partial charge in [-0.1, -0.05) is 37.6 Å². The second-order valence-corrected chi connectivity index (χ2v) is 10.2. The molecule has 0 aromatic heterocycles. The summed E-state index contributed by atoms with van der Waals surface area (Å²) in [5.74, 6) is 1.15. The van der Waals surface area contributed by atoms with Gasteiger partial charge in [-0.25, -0.2) is 0 Å². The van der Waals surface area contributed by atoms with Crippen LogP contribution >= 0.6 is 24.0 Å². The molecule has 0 aliphatic heterocycles. The Morgan fingerprint density at radius 3 is 2.46 bits per heavy atom. The Bertz CT molecular complexity index is 981. The van der Waals surface area contributed by atoms with E-state index in [4.69, 9.17) is 21.1 Å². The summed E-state index contributed by atoms with van der Waals surface area (Å²) < 4.78 is 10.7. The van der Waals surface area contributed by atoms with Crippen molar-refractivity contribution in [2.45, 2.75) is 45.4 Å². The first-order valence-electron chi connectivity index (χ1n) is 12.2. The number of carboxylic acids is 1. The Hall–Kier alpha value is -1.95. The molecule has 0 saturated carbocycles. The molecule has 3 rings (SSSR count). The third-order valence-electron chi connectivity index (χ3n) is 7.28. The molecule has 2 aromatic carbocycles. The van der Waals surface area contributed by atoms with E-state index in [2.05, 4.69) is 37.9 Å². The van der Waals surface area contributed by atoms with Crippen LogP contribution < -0.4 is 9.47 Å². The highest BCUT2D eigenvalue weighted by molar-refractivity contribution is 6.30. The van der Waals surface area contributed by atoms with Crippen molar-refractivity contribution in [2.75, 3.05) is 34.4 Å². The topological polar surface area (TPSA) is 59.0 Å². The van der Waals surface area contributed by atoms with Crippen molar-refractivity contribution in [3.8, 4) is 11.5 Å². The molecule has 1 aliphatic rings. The van der Waals surface area contributed by atoms with Crippen LogP contribution in [0.5, 0.6) is 11.5 Å².